The maximum Gasteiger partial charge on any atom is 0.230 e. The fraction of sp³-hybridized carbons (Fsp3) is 0.375. The first kappa shape index (κ1) is 17.1. The largest absolute Gasteiger partial charge is 0.353 e. The monoisotopic (exact) mass is 381 g/mol. The van der Waals surface area contributed by atoms with E-state index in [0.717, 1.165) is 28.2 Å². The van der Waals surface area contributed by atoms with Crippen molar-refractivity contribution in [3.05, 3.63) is 41.1 Å². The van der Waals surface area contributed by atoms with E-state index < -0.39 is 0 Å². The van der Waals surface area contributed by atoms with E-state index in [-0.39, 0.29) is 11.9 Å². The molecule has 0 radical (unpaired) electrons. The van der Waals surface area contributed by atoms with E-state index in [1.165, 1.54) is 11.8 Å². The Balaban J connectivity index is 1.96. The molecule has 0 saturated heterocycles. The van der Waals surface area contributed by atoms with Crippen molar-refractivity contribution in [2.75, 3.05) is 5.75 Å². The molecule has 1 aromatic heterocycles. The first-order valence-electron chi connectivity index (χ1n) is 7.31. The van der Waals surface area contributed by atoms with Crippen LogP contribution in [0.5, 0.6) is 0 Å². The van der Waals surface area contributed by atoms with Crippen LogP contribution in [0.15, 0.2) is 46.3 Å². The minimum absolute atomic E-state index is 0.0521. The normalized spacial score (nSPS) is 12.1. The van der Waals surface area contributed by atoms with Crippen LogP contribution in [0.25, 0.3) is 5.69 Å². The van der Waals surface area contributed by atoms with Gasteiger partial charge >= 0.3 is 0 Å². The van der Waals surface area contributed by atoms with Gasteiger partial charge in [-0.15, -0.1) is 0 Å². The van der Waals surface area contributed by atoms with Gasteiger partial charge in [0.1, 0.15) is 0 Å². The molecular weight excluding hydrogens is 362 g/mol. The van der Waals surface area contributed by atoms with Gasteiger partial charge in [-0.3, -0.25) is 9.36 Å². The number of carbonyl (C=O) groups excluding carboxylic acids is 1. The zero-order valence-corrected chi connectivity index (χ0v) is 15.2. The van der Waals surface area contributed by atoms with Crippen LogP contribution in [0.2, 0.25) is 0 Å². The molecule has 1 atom stereocenters. The summed E-state index contributed by atoms with van der Waals surface area (Å²) >= 11 is 4.88. The van der Waals surface area contributed by atoms with E-state index in [9.17, 15) is 4.79 Å². The van der Waals surface area contributed by atoms with Gasteiger partial charge in [-0.25, -0.2) is 4.98 Å². The summed E-state index contributed by atoms with van der Waals surface area (Å²) in [4.78, 5) is 16.3. The summed E-state index contributed by atoms with van der Waals surface area (Å²) in [5.41, 5.74) is 1.03. The lowest BCUT2D eigenvalue weighted by Crippen LogP contribution is -2.33. The summed E-state index contributed by atoms with van der Waals surface area (Å²) in [6, 6.07) is 8.23. The summed E-state index contributed by atoms with van der Waals surface area (Å²) in [7, 11) is 0. The number of aromatic nitrogens is 2. The minimum atomic E-state index is 0.0521. The minimum Gasteiger partial charge on any atom is -0.353 e. The van der Waals surface area contributed by atoms with Gasteiger partial charge < -0.3 is 5.32 Å². The molecule has 0 bridgehead atoms. The zero-order chi connectivity index (χ0) is 15.9. The van der Waals surface area contributed by atoms with E-state index in [1.54, 1.807) is 6.20 Å². The number of benzene rings is 1. The zero-order valence-electron chi connectivity index (χ0n) is 12.8. The van der Waals surface area contributed by atoms with Crippen molar-refractivity contribution in [1.29, 1.82) is 0 Å². The predicted molar refractivity (Wildman–Crippen MR) is 94.5 cm³/mol. The molecule has 1 aromatic carbocycles. The fourth-order valence-corrected chi connectivity index (χ4v) is 3.20. The van der Waals surface area contributed by atoms with Gasteiger partial charge in [0.15, 0.2) is 5.16 Å². The number of nitrogens with one attached hydrogen (secondary N) is 1. The number of rotatable bonds is 7. The van der Waals surface area contributed by atoms with E-state index >= 15 is 0 Å². The van der Waals surface area contributed by atoms with Crippen molar-refractivity contribution >= 4 is 33.6 Å². The Morgan fingerprint density at radius 2 is 2.14 bits per heavy atom. The first-order valence-corrected chi connectivity index (χ1v) is 9.09. The highest BCUT2D eigenvalue weighted by molar-refractivity contribution is 9.10. The lowest BCUT2D eigenvalue weighted by atomic mass is 10.2. The standard InChI is InChI=1S/C16H20BrN3OS/c1-3-4-12(2)19-15(21)11-22-16-18-9-10-20(16)14-7-5-13(17)6-8-14/h5-10,12H,3-4,11H2,1-2H3,(H,19,21). The van der Waals surface area contributed by atoms with Gasteiger partial charge in [0.2, 0.25) is 5.91 Å². The second-order valence-corrected chi connectivity index (χ2v) is 6.96. The van der Waals surface area contributed by atoms with Gasteiger partial charge in [0.25, 0.3) is 0 Å². The van der Waals surface area contributed by atoms with Crippen LogP contribution in [0.1, 0.15) is 26.7 Å². The molecule has 0 saturated carbocycles. The van der Waals surface area contributed by atoms with Crippen molar-refractivity contribution < 1.29 is 4.79 Å². The van der Waals surface area contributed by atoms with Crippen molar-refractivity contribution in [3.8, 4) is 5.69 Å². The second kappa shape index (κ2) is 8.39. The molecule has 1 heterocycles. The molecule has 0 aliphatic heterocycles. The molecule has 22 heavy (non-hydrogen) atoms. The van der Waals surface area contributed by atoms with Gasteiger partial charge in [-0.1, -0.05) is 41.0 Å². The van der Waals surface area contributed by atoms with E-state index in [2.05, 4.69) is 33.2 Å². The van der Waals surface area contributed by atoms with Crippen LogP contribution in [-0.4, -0.2) is 27.3 Å². The number of amides is 1. The predicted octanol–water partition coefficient (Wildman–Crippen LogP) is 4.03. The highest BCUT2D eigenvalue weighted by Gasteiger charge is 2.10. The fourth-order valence-electron chi connectivity index (χ4n) is 2.15. The van der Waals surface area contributed by atoms with Crippen molar-refractivity contribution in [2.45, 2.75) is 37.9 Å². The number of nitrogens with zero attached hydrogens (tertiary/aromatic N) is 2. The molecule has 0 aliphatic carbocycles. The molecule has 0 fully saturated rings. The van der Waals surface area contributed by atoms with Gasteiger partial charge in [-0.05, 0) is 37.6 Å². The Morgan fingerprint density at radius 1 is 1.41 bits per heavy atom. The Morgan fingerprint density at radius 3 is 2.82 bits per heavy atom. The SMILES string of the molecule is CCCC(C)NC(=O)CSc1nccn1-c1ccc(Br)cc1. The van der Waals surface area contributed by atoms with Crippen LogP contribution in [0.4, 0.5) is 0 Å². The highest BCUT2D eigenvalue weighted by Crippen LogP contribution is 2.21. The van der Waals surface area contributed by atoms with Crippen molar-refractivity contribution in [2.24, 2.45) is 0 Å². The summed E-state index contributed by atoms with van der Waals surface area (Å²) in [5, 5.41) is 3.83. The molecule has 1 N–H and O–H groups in total. The van der Waals surface area contributed by atoms with Crippen LogP contribution in [-0.2, 0) is 4.79 Å². The number of carbonyl (C=O) groups is 1. The molecule has 1 unspecified atom stereocenters. The molecule has 0 spiro atoms. The lowest BCUT2D eigenvalue weighted by molar-refractivity contribution is -0.119. The Labute approximate surface area is 143 Å². The number of halogens is 1. The second-order valence-electron chi connectivity index (χ2n) is 5.10. The maximum atomic E-state index is 11.9. The molecule has 1 amide bonds. The molecule has 4 nitrogen and oxygen atoms in total. The van der Waals surface area contributed by atoms with Gasteiger partial charge in [-0.2, -0.15) is 0 Å². The average Bonchev–Trinajstić information content (AvgIpc) is 2.94. The molecule has 2 aromatic rings. The van der Waals surface area contributed by atoms with E-state index in [0.29, 0.717) is 5.75 Å². The quantitative estimate of drug-likeness (QED) is 0.736. The summed E-state index contributed by atoms with van der Waals surface area (Å²) in [6.45, 7) is 4.15. The number of imidazole rings is 1. The van der Waals surface area contributed by atoms with Crippen LogP contribution in [0.3, 0.4) is 0 Å². The Hall–Kier alpha value is -1.27. The van der Waals surface area contributed by atoms with E-state index in [1.807, 2.05) is 42.0 Å². The van der Waals surface area contributed by atoms with Gasteiger partial charge in [0, 0.05) is 28.6 Å². The molecule has 2 rings (SSSR count). The number of thioether (sulfide) groups is 1. The van der Waals surface area contributed by atoms with Gasteiger partial charge in [0.05, 0.1) is 5.75 Å². The molecule has 0 aliphatic rings. The van der Waals surface area contributed by atoms with E-state index in [4.69, 9.17) is 0 Å². The van der Waals surface area contributed by atoms with Crippen molar-refractivity contribution in [3.63, 3.8) is 0 Å². The Kier molecular flexibility index (Phi) is 6.51. The topological polar surface area (TPSA) is 46.9 Å². The molecule has 118 valence electrons. The smallest absolute Gasteiger partial charge is 0.230 e. The number of hydrogen-bond donors (Lipinski definition) is 1. The van der Waals surface area contributed by atoms with Crippen molar-refractivity contribution in [1.82, 2.24) is 14.9 Å². The summed E-state index contributed by atoms with van der Waals surface area (Å²) < 4.78 is 3.02. The first-order chi connectivity index (χ1) is 10.6. The molecule has 6 heteroatoms. The summed E-state index contributed by atoms with van der Waals surface area (Å²) in [5.74, 6) is 0.429. The third kappa shape index (κ3) is 4.88. The Bertz CT molecular complexity index is 612. The maximum absolute atomic E-state index is 11.9. The summed E-state index contributed by atoms with van der Waals surface area (Å²) in [6.07, 6.45) is 5.73. The van der Waals surface area contributed by atoms with Crippen LogP contribution >= 0.6 is 27.7 Å². The number of hydrogen-bond acceptors (Lipinski definition) is 3. The third-order valence-corrected chi connectivity index (χ3v) is 4.67. The molecular formula is C16H20BrN3OS. The highest BCUT2D eigenvalue weighted by atomic mass is 79.9. The van der Waals surface area contributed by atoms with Crippen LogP contribution < -0.4 is 5.32 Å². The lowest BCUT2D eigenvalue weighted by Gasteiger charge is -2.12. The van der Waals surface area contributed by atoms with Crippen LogP contribution in [0, 0.1) is 0 Å². The third-order valence-electron chi connectivity index (χ3n) is 3.17. The average molecular weight is 382 g/mol.